The molecule has 1 heterocycles. The van der Waals surface area contributed by atoms with Crippen LogP contribution in [0, 0.1) is 0 Å². The molecule has 0 spiro atoms. The number of halogens is 6. The van der Waals surface area contributed by atoms with Gasteiger partial charge in [-0.25, -0.2) is 0 Å². The first-order valence-corrected chi connectivity index (χ1v) is 3.43. The normalized spacial score (nSPS) is 13.4. The van der Waals surface area contributed by atoms with E-state index >= 15 is 0 Å². The fourth-order valence-electron chi connectivity index (χ4n) is 1.04. The number of hydrogen-bond donors (Lipinski definition) is 0. The van der Waals surface area contributed by atoms with E-state index in [9.17, 15) is 26.1 Å². The van der Waals surface area contributed by atoms with Crippen molar-refractivity contribution < 1.29 is 26.1 Å². The largest absolute Gasteiger partial charge is 0.513 e. The molecule has 0 bridgehead atoms. The Balaban J connectivity index is 3.35. The number of hydrogen-bond acceptors (Lipinski definition) is 1. The summed E-state index contributed by atoms with van der Waals surface area (Å²) in [5.41, 5.74) is -3.47. The van der Waals surface area contributed by atoms with E-state index in [1.165, 1.54) is 0 Å². The SMILES string of the molecule is Cn1ncc([B-](F)(F)F)c1C(F)(F)F. The van der Waals surface area contributed by atoms with Crippen LogP contribution >= 0.6 is 0 Å². The number of nitrogens with zero attached hydrogens (tertiary/aromatic N) is 2. The molecule has 0 aliphatic rings. The lowest BCUT2D eigenvalue weighted by Crippen LogP contribution is -2.39. The Labute approximate surface area is 74.6 Å². The van der Waals surface area contributed by atoms with Gasteiger partial charge in [-0.15, -0.1) is 0 Å². The fraction of sp³-hybridized carbons (Fsp3) is 0.400. The van der Waals surface area contributed by atoms with Crippen LogP contribution < -0.4 is 5.46 Å². The molecule has 0 aliphatic heterocycles. The van der Waals surface area contributed by atoms with E-state index in [2.05, 4.69) is 5.10 Å². The zero-order valence-corrected chi connectivity index (χ0v) is 6.82. The van der Waals surface area contributed by atoms with Crippen molar-refractivity contribution in [2.24, 2.45) is 7.05 Å². The van der Waals surface area contributed by atoms with E-state index in [4.69, 9.17) is 0 Å². The van der Waals surface area contributed by atoms with Crippen LogP contribution in [0.5, 0.6) is 0 Å². The minimum absolute atomic E-state index is 0.171. The van der Waals surface area contributed by atoms with Gasteiger partial charge in [0.25, 0.3) is 0 Å². The number of rotatable bonds is 1. The van der Waals surface area contributed by atoms with Gasteiger partial charge < -0.3 is 12.9 Å². The van der Waals surface area contributed by atoms with E-state index in [1.54, 1.807) is 0 Å². The monoisotopic (exact) mass is 217 g/mol. The van der Waals surface area contributed by atoms with E-state index in [-0.39, 0.29) is 10.9 Å². The smallest absolute Gasteiger partial charge is 0.445 e. The molecule has 0 atom stereocenters. The van der Waals surface area contributed by atoms with Gasteiger partial charge in [0.2, 0.25) is 0 Å². The Morgan fingerprint density at radius 1 is 1.29 bits per heavy atom. The quantitative estimate of drug-likeness (QED) is 0.514. The summed E-state index contributed by atoms with van der Waals surface area (Å²) in [5, 5.41) is 2.94. The molecule has 80 valence electrons. The summed E-state index contributed by atoms with van der Waals surface area (Å²) in [6.07, 6.45) is -4.86. The lowest BCUT2D eigenvalue weighted by atomic mass is 9.80. The van der Waals surface area contributed by atoms with Crippen molar-refractivity contribution in [3.05, 3.63) is 11.9 Å². The molecule has 0 aliphatic carbocycles. The highest BCUT2D eigenvalue weighted by Crippen LogP contribution is 2.29. The second-order valence-electron chi connectivity index (χ2n) is 2.64. The molecule has 0 aromatic carbocycles. The van der Waals surface area contributed by atoms with Crippen LogP contribution in [0.1, 0.15) is 5.69 Å². The highest BCUT2D eigenvalue weighted by atomic mass is 19.4. The van der Waals surface area contributed by atoms with E-state index < -0.39 is 24.3 Å². The first kappa shape index (κ1) is 10.9. The van der Waals surface area contributed by atoms with Gasteiger partial charge in [-0.05, 0) is 0 Å². The van der Waals surface area contributed by atoms with Gasteiger partial charge in [-0.3, -0.25) is 4.68 Å². The third-order valence-electron chi connectivity index (χ3n) is 1.59. The highest BCUT2D eigenvalue weighted by Gasteiger charge is 2.42. The van der Waals surface area contributed by atoms with Gasteiger partial charge in [0.1, 0.15) is 5.69 Å². The van der Waals surface area contributed by atoms with Gasteiger partial charge >= 0.3 is 13.2 Å². The Kier molecular flexibility index (Phi) is 2.28. The summed E-state index contributed by atoms with van der Waals surface area (Å²) in [6.45, 7) is -5.68. The van der Waals surface area contributed by atoms with Crippen LogP contribution in [0.25, 0.3) is 0 Å². The Morgan fingerprint density at radius 2 is 1.79 bits per heavy atom. The molecule has 0 N–H and O–H groups in total. The highest BCUT2D eigenvalue weighted by molar-refractivity contribution is 6.73. The van der Waals surface area contributed by atoms with Crippen molar-refractivity contribution in [3.63, 3.8) is 0 Å². The molecule has 0 fully saturated rings. The predicted molar refractivity (Wildman–Crippen MR) is 36.9 cm³/mol. The summed E-state index contributed by atoms with van der Waals surface area (Å²) in [4.78, 5) is 0. The number of aromatic nitrogens is 2. The third-order valence-corrected chi connectivity index (χ3v) is 1.59. The van der Waals surface area contributed by atoms with Gasteiger partial charge in [0.15, 0.2) is 0 Å². The standard InChI is InChI=1S/C5H4BF6N2/c1-14-4(5(7,8)9)3(2-13-14)6(10,11)12/h2H,1H3/q-1. The molecule has 1 aromatic rings. The summed E-state index contributed by atoms with van der Waals surface area (Å²) in [7, 11) is 0.814. The average molecular weight is 217 g/mol. The topological polar surface area (TPSA) is 17.8 Å². The molecule has 1 aromatic heterocycles. The van der Waals surface area contributed by atoms with Gasteiger partial charge in [0.05, 0.1) is 0 Å². The molecule has 0 radical (unpaired) electrons. The summed E-state index contributed by atoms with van der Waals surface area (Å²) < 4.78 is 72.8. The number of aryl methyl sites for hydroxylation is 1. The summed E-state index contributed by atoms with van der Waals surface area (Å²) in [6, 6.07) is 0. The second-order valence-corrected chi connectivity index (χ2v) is 2.64. The predicted octanol–water partition coefficient (Wildman–Crippen LogP) is 1.49. The maximum Gasteiger partial charge on any atom is 0.513 e. The van der Waals surface area contributed by atoms with Crippen LogP contribution in [0.2, 0.25) is 0 Å². The zero-order valence-electron chi connectivity index (χ0n) is 6.82. The van der Waals surface area contributed by atoms with Gasteiger partial charge in [-0.2, -0.15) is 18.3 Å². The molecular formula is C5H4BF6N2-. The van der Waals surface area contributed by atoms with Crippen molar-refractivity contribution >= 4 is 12.4 Å². The molecule has 14 heavy (non-hydrogen) atoms. The Bertz CT molecular complexity index is 337. The van der Waals surface area contributed by atoms with Crippen molar-refractivity contribution in [2.45, 2.75) is 6.18 Å². The fourth-order valence-corrected chi connectivity index (χ4v) is 1.04. The first-order valence-electron chi connectivity index (χ1n) is 3.43. The molecule has 9 heteroatoms. The number of alkyl halides is 3. The molecular weight excluding hydrogens is 213 g/mol. The van der Waals surface area contributed by atoms with Gasteiger partial charge in [-0.1, -0.05) is 5.46 Å². The average Bonchev–Trinajstić information content (AvgIpc) is 2.27. The van der Waals surface area contributed by atoms with Gasteiger partial charge in [0, 0.05) is 13.2 Å². The van der Waals surface area contributed by atoms with E-state index in [0.29, 0.717) is 0 Å². The van der Waals surface area contributed by atoms with Crippen molar-refractivity contribution in [1.82, 2.24) is 9.78 Å². The van der Waals surface area contributed by atoms with E-state index in [0.717, 1.165) is 7.05 Å². The minimum atomic E-state index is -5.68. The van der Waals surface area contributed by atoms with Crippen LogP contribution in [0.3, 0.4) is 0 Å². The first-order chi connectivity index (χ1) is 6.14. The van der Waals surface area contributed by atoms with Crippen LogP contribution in [-0.4, -0.2) is 16.8 Å². The van der Waals surface area contributed by atoms with Crippen LogP contribution in [0.15, 0.2) is 6.20 Å². The molecule has 0 unspecified atom stereocenters. The Hall–Kier alpha value is -1.15. The van der Waals surface area contributed by atoms with E-state index in [1.807, 2.05) is 0 Å². The molecule has 0 amide bonds. The molecule has 0 saturated carbocycles. The van der Waals surface area contributed by atoms with Crippen molar-refractivity contribution in [1.29, 1.82) is 0 Å². The zero-order chi connectivity index (χ0) is 11.1. The maximum absolute atomic E-state index is 12.1. The molecule has 1 rings (SSSR count). The summed E-state index contributed by atoms with van der Waals surface area (Å²) in [5.74, 6) is 0. The van der Waals surface area contributed by atoms with Crippen molar-refractivity contribution in [3.8, 4) is 0 Å². The Morgan fingerprint density at radius 3 is 2.07 bits per heavy atom. The molecule has 2 nitrogen and oxygen atoms in total. The lowest BCUT2D eigenvalue weighted by molar-refractivity contribution is -0.143. The maximum atomic E-state index is 12.1. The lowest BCUT2D eigenvalue weighted by Gasteiger charge is -2.17. The van der Waals surface area contributed by atoms with Crippen LogP contribution in [-0.2, 0) is 13.2 Å². The third kappa shape index (κ3) is 1.85. The minimum Gasteiger partial charge on any atom is -0.445 e. The summed E-state index contributed by atoms with van der Waals surface area (Å²) >= 11 is 0. The van der Waals surface area contributed by atoms with Crippen molar-refractivity contribution in [2.75, 3.05) is 0 Å². The second kappa shape index (κ2) is 2.92. The van der Waals surface area contributed by atoms with Crippen LogP contribution in [0.4, 0.5) is 26.1 Å². The molecule has 0 saturated heterocycles.